The molecule has 0 aliphatic rings. The Morgan fingerprint density at radius 1 is 1.22 bits per heavy atom. The van der Waals surface area contributed by atoms with E-state index < -0.39 is 0 Å². The van der Waals surface area contributed by atoms with Crippen molar-refractivity contribution in [3.63, 3.8) is 0 Å². The Kier molecular flexibility index (Phi) is 4.76. The Morgan fingerprint density at radius 3 is 2.65 bits per heavy atom. The van der Waals surface area contributed by atoms with Crippen molar-refractivity contribution in [1.82, 2.24) is 24.9 Å². The highest BCUT2D eigenvalue weighted by molar-refractivity contribution is 7.99. The van der Waals surface area contributed by atoms with Crippen molar-refractivity contribution in [1.29, 1.82) is 0 Å². The zero-order chi connectivity index (χ0) is 16.2. The van der Waals surface area contributed by atoms with E-state index in [1.807, 2.05) is 32.0 Å². The van der Waals surface area contributed by atoms with E-state index in [1.54, 1.807) is 11.8 Å². The van der Waals surface area contributed by atoms with Crippen LogP contribution in [-0.4, -0.2) is 24.9 Å². The SMILES string of the molecule is CCn1c(Cc2ccccc2)nnc1SC(C)c1nc(C)no1. The zero-order valence-corrected chi connectivity index (χ0v) is 14.2. The molecule has 0 bridgehead atoms. The third kappa shape index (κ3) is 3.61. The predicted molar refractivity (Wildman–Crippen MR) is 88.3 cm³/mol. The van der Waals surface area contributed by atoms with Gasteiger partial charge in [-0.25, -0.2) is 0 Å². The standard InChI is InChI=1S/C16H19N5OS/c1-4-21-14(10-13-8-6-5-7-9-13)18-19-16(21)23-11(2)15-17-12(3)20-22-15/h5-9,11H,4,10H2,1-3H3. The first-order valence-corrected chi connectivity index (χ1v) is 8.48. The number of thioether (sulfide) groups is 1. The summed E-state index contributed by atoms with van der Waals surface area (Å²) in [6.45, 7) is 6.77. The van der Waals surface area contributed by atoms with Crippen molar-refractivity contribution >= 4 is 11.8 Å². The van der Waals surface area contributed by atoms with Crippen LogP contribution < -0.4 is 0 Å². The lowest BCUT2D eigenvalue weighted by Gasteiger charge is -2.09. The average molecular weight is 329 g/mol. The number of aryl methyl sites for hydroxylation is 1. The van der Waals surface area contributed by atoms with Gasteiger partial charge in [-0.15, -0.1) is 10.2 Å². The summed E-state index contributed by atoms with van der Waals surface area (Å²) in [4.78, 5) is 4.28. The molecule has 0 aliphatic heterocycles. The van der Waals surface area contributed by atoms with Gasteiger partial charge in [-0.2, -0.15) is 4.98 Å². The molecule has 120 valence electrons. The molecular weight excluding hydrogens is 310 g/mol. The first-order chi connectivity index (χ1) is 11.2. The Labute approximate surface area is 139 Å². The average Bonchev–Trinajstić information content (AvgIpc) is 3.15. The number of hydrogen-bond donors (Lipinski definition) is 0. The largest absolute Gasteiger partial charge is 0.338 e. The van der Waals surface area contributed by atoms with Gasteiger partial charge < -0.3 is 9.09 Å². The van der Waals surface area contributed by atoms with Gasteiger partial charge in [-0.05, 0) is 26.3 Å². The number of benzene rings is 1. The summed E-state index contributed by atoms with van der Waals surface area (Å²) in [5, 5.41) is 13.5. The molecule has 0 amide bonds. The lowest BCUT2D eigenvalue weighted by atomic mass is 10.1. The van der Waals surface area contributed by atoms with Crippen LogP contribution in [0.3, 0.4) is 0 Å². The second-order valence-electron chi connectivity index (χ2n) is 5.25. The summed E-state index contributed by atoms with van der Waals surface area (Å²) >= 11 is 1.59. The van der Waals surface area contributed by atoms with Gasteiger partial charge in [-0.1, -0.05) is 47.3 Å². The van der Waals surface area contributed by atoms with Crippen LogP contribution >= 0.6 is 11.8 Å². The highest BCUT2D eigenvalue weighted by atomic mass is 32.2. The van der Waals surface area contributed by atoms with Crippen LogP contribution in [0.15, 0.2) is 40.0 Å². The van der Waals surface area contributed by atoms with Gasteiger partial charge >= 0.3 is 0 Å². The molecule has 0 saturated heterocycles. The number of rotatable bonds is 6. The molecule has 2 aromatic heterocycles. The second kappa shape index (κ2) is 6.95. The van der Waals surface area contributed by atoms with E-state index in [1.165, 1.54) is 5.56 Å². The fourth-order valence-corrected chi connectivity index (χ4v) is 3.28. The topological polar surface area (TPSA) is 69.6 Å². The van der Waals surface area contributed by atoms with Crippen LogP contribution in [0.5, 0.6) is 0 Å². The molecule has 0 fully saturated rings. The number of nitrogens with zero attached hydrogens (tertiary/aromatic N) is 5. The van der Waals surface area contributed by atoms with Crippen molar-refractivity contribution in [3.8, 4) is 0 Å². The zero-order valence-electron chi connectivity index (χ0n) is 13.4. The third-order valence-corrected chi connectivity index (χ3v) is 4.56. The molecule has 6 nitrogen and oxygen atoms in total. The van der Waals surface area contributed by atoms with Gasteiger partial charge in [0, 0.05) is 13.0 Å². The maximum atomic E-state index is 5.23. The lowest BCUT2D eigenvalue weighted by Crippen LogP contribution is -2.04. The van der Waals surface area contributed by atoms with Crippen LogP contribution in [0.4, 0.5) is 0 Å². The molecule has 1 atom stereocenters. The maximum Gasteiger partial charge on any atom is 0.239 e. The fourth-order valence-electron chi connectivity index (χ4n) is 2.32. The third-order valence-electron chi connectivity index (χ3n) is 3.49. The quantitative estimate of drug-likeness (QED) is 0.645. The molecule has 7 heteroatoms. The Hall–Kier alpha value is -2.15. The van der Waals surface area contributed by atoms with Crippen LogP contribution in [0.2, 0.25) is 0 Å². The monoisotopic (exact) mass is 329 g/mol. The Balaban J connectivity index is 1.78. The van der Waals surface area contributed by atoms with Gasteiger partial charge in [0.15, 0.2) is 11.0 Å². The Bertz CT molecular complexity index is 768. The van der Waals surface area contributed by atoms with Crippen molar-refractivity contribution in [3.05, 3.63) is 53.4 Å². The van der Waals surface area contributed by atoms with E-state index in [-0.39, 0.29) is 5.25 Å². The van der Waals surface area contributed by atoms with E-state index >= 15 is 0 Å². The smallest absolute Gasteiger partial charge is 0.239 e. The number of aromatic nitrogens is 5. The summed E-state index contributed by atoms with van der Waals surface area (Å²) in [7, 11) is 0. The molecule has 0 aliphatic carbocycles. The van der Waals surface area contributed by atoms with Crippen LogP contribution in [0.25, 0.3) is 0 Å². The molecule has 0 N–H and O–H groups in total. The summed E-state index contributed by atoms with van der Waals surface area (Å²) in [5.74, 6) is 2.23. The molecule has 1 unspecified atom stereocenters. The summed E-state index contributed by atoms with van der Waals surface area (Å²) < 4.78 is 7.37. The molecule has 3 aromatic rings. The number of hydrogen-bond acceptors (Lipinski definition) is 6. The molecule has 23 heavy (non-hydrogen) atoms. The minimum absolute atomic E-state index is 0.0373. The van der Waals surface area contributed by atoms with Crippen molar-refractivity contribution < 1.29 is 4.52 Å². The second-order valence-corrected chi connectivity index (χ2v) is 6.55. The highest BCUT2D eigenvalue weighted by Crippen LogP contribution is 2.33. The van der Waals surface area contributed by atoms with Gasteiger partial charge in [0.05, 0.1) is 5.25 Å². The van der Waals surface area contributed by atoms with Crippen molar-refractivity contribution in [2.24, 2.45) is 0 Å². The van der Waals surface area contributed by atoms with E-state index in [4.69, 9.17) is 4.52 Å². The summed E-state index contributed by atoms with van der Waals surface area (Å²) in [6, 6.07) is 10.3. The molecule has 0 radical (unpaired) electrons. The minimum atomic E-state index is 0.0373. The van der Waals surface area contributed by atoms with Crippen molar-refractivity contribution in [2.75, 3.05) is 0 Å². The van der Waals surface area contributed by atoms with E-state index in [2.05, 4.69) is 44.0 Å². The molecule has 0 spiro atoms. The van der Waals surface area contributed by atoms with Gasteiger partial charge in [0.2, 0.25) is 5.89 Å². The van der Waals surface area contributed by atoms with Gasteiger partial charge in [-0.3, -0.25) is 0 Å². The lowest BCUT2D eigenvalue weighted by molar-refractivity contribution is 0.376. The van der Waals surface area contributed by atoms with Gasteiger partial charge in [0.1, 0.15) is 5.82 Å². The normalized spacial score (nSPS) is 12.5. The van der Waals surface area contributed by atoms with E-state index in [0.29, 0.717) is 11.7 Å². The molecular formula is C16H19N5OS. The highest BCUT2D eigenvalue weighted by Gasteiger charge is 2.19. The van der Waals surface area contributed by atoms with Crippen LogP contribution in [0, 0.1) is 6.92 Å². The molecule has 3 rings (SSSR count). The molecule has 2 heterocycles. The summed E-state index contributed by atoms with van der Waals surface area (Å²) in [6.07, 6.45) is 0.774. The van der Waals surface area contributed by atoms with E-state index in [0.717, 1.165) is 23.9 Å². The Morgan fingerprint density at radius 2 is 2.00 bits per heavy atom. The van der Waals surface area contributed by atoms with Crippen LogP contribution in [0.1, 0.15) is 42.2 Å². The van der Waals surface area contributed by atoms with Crippen LogP contribution in [-0.2, 0) is 13.0 Å². The minimum Gasteiger partial charge on any atom is -0.338 e. The van der Waals surface area contributed by atoms with Crippen molar-refractivity contribution in [2.45, 2.75) is 44.1 Å². The first kappa shape index (κ1) is 15.7. The maximum absolute atomic E-state index is 5.23. The summed E-state index contributed by atoms with van der Waals surface area (Å²) in [5.41, 5.74) is 1.23. The van der Waals surface area contributed by atoms with Gasteiger partial charge in [0.25, 0.3) is 0 Å². The molecule has 0 saturated carbocycles. The predicted octanol–water partition coefficient (Wildman–Crippen LogP) is 3.43. The first-order valence-electron chi connectivity index (χ1n) is 7.60. The molecule has 1 aromatic carbocycles. The fraction of sp³-hybridized carbons (Fsp3) is 0.375. The van der Waals surface area contributed by atoms with E-state index in [9.17, 15) is 0 Å².